The van der Waals surface area contributed by atoms with Crippen molar-refractivity contribution in [3.8, 4) is 22.6 Å². The number of nitrogens with one attached hydrogen (secondary N) is 2. The number of fused-ring (bicyclic) bond motifs is 7. The fraction of sp³-hybridized carbons (Fsp3) is 0.444. The number of hydrogen-bond donors (Lipinski definition) is 2. The van der Waals surface area contributed by atoms with Crippen LogP contribution in [0.1, 0.15) is 36.8 Å². The SMILES string of the molecule is CN1CCN(CCCCNCc2ccc(-c3nc(-c4ccc(CNCCCCN5CCN(C)CC5)cc4)c4c5nn(c6ccccc6oc(=O)c(=O)o5)c4n3)cc2)CC1. The van der Waals surface area contributed by atoms with Gasteiger partial charge in [-0.3, -0.25) is 0 Å². The van der Waals surface area contributed by atoms with Gasteiger partial charge in [0.1, 0.15) is 10.9 Å². The Bertz CT molecular complexity index is 2460. The van der Waals surface area contributed by atoms with Crippen LogP contribution in [-0.2, 0) is 13.1 Å². The molecule has 0 saturated carbocycles. The Morgan fingerprint density at radius 1 is 0.610 bits per heavy atom. The van der Waals surface area contributed by atoms with Crippen molar-refractivity contribution in [1.82, 2.24) is 49.8 Å². The van der Waals surface area contributed by atoms with Crippen LogP contribution < -0.4 is 21.9 Å². The standard InChI is InChI=1S/C45H56N10O4/c1-51-23-27-53(28-24-51)21-7-5-19-46-31-33-11-15-35(16-12-33)40-39-42(55-37-9-3-4-10-38(37)58-44(56)45(57)59-43(39)50-55)49-41(48-40)36-17-13-34(14-18-36)32-47-20-6-8-22-54-29-25-52(2)26-30-54/h3-4,9-18,46-47H,5-8,19-32H2,1-2H3. The zero-order valence-electron chi connectivity index (χ0n) is 34.4. The summed E-state index contributed by atoms with van der Waals surface area (Å²) in [5.41, 5.74) is 3.15. The number of piperazine rings is 2. The summed E-state index contributed by atoms with van der Waals surface area (Å²) >= 11 is 0. The molecule has 5 heterocycles. The van der Waals surface area contributed by atoms with E-state index in [-0.39, 0.29) is 11.3 Å². The second kappa shape index (κ2) is 19.3. The van der Waals surface area contributed by atoms with Crippen molar-refractivity contribution < 1.29 is 8.83 Å². The first kappa shape index (κ1) is 40.7. The van der Waals surface area contributed by atoms with Gasteiger partial charge in [0.15, 0.2) is 17.1 Å². The minimum Gasteiger partial charge on any atom is -0.416 e. The third-order valence-corrected chi connectivity index (χ3v) is 11.6. The van der Waals surface area contributed by atoms with Crippen molar-refractivity contribution >= 4 is 27.8 Å². The van der Waals surface area contributed by atoms with Crippen LogP contribution in [0.3, 0.4) is 0 Å². The molecule has 0 atom stereocenters. The molecule has 0 unspecified atom stereocenters. The molecule has 2 bridgehead atoms. The summed E-state index contributed by atoms with van der Waals surface area (Å²) in [5, 5.41) is 12.3. The molecule has 0 radical (unpaired) electrons. The molecule has 2 aliphatic heterocycles. The molecule has 0 spiro atoms. The van der Waals surface area contributed by atoms with E-state index in [1.54, 1.807) is 22.7 Å². The molecule has 3 aromatic carbocycles. The monoisotopic (exact) mass is 800 g/mol. The van der Waals surface area contributed by atoms with Gasteiger partial charge in [-0.1, -0.05) is 60.7 Å². The van der Waals surface area contributed by atoms with Crippen LogP contribution in [0.4, 0.5) is 0 Å². The number of aromatic nitrogens is 4. The van der Waals surface area contributed by atoms with Crippen LogP contribution in [0.5, 0.6) is 0 Å². The van der Waals surface area contributed by atoms with E-state index in [1.165, 1.54) is 18.4 Å². The first-order valence-electron chi connectivity index (χ1n) is 21.1. The number of nitrogens with zero attached hydrogens (tertiary/aromatic N) is 8. The van der Waals surface area contributed by atoms with Gasteiger partial charge < -0.3 is 39.1 Å². The lowest BCUT2D eigenvalue weighted by atomic mass is 10.1. The first-order chi connectivity index (χ1) is 28.9. The summed E-state index contributed by atoms with van der Waals surface area (Å²) in [6.45, 7) is 15.0. The van der Waals surface area contributed by atoms with E-state index < -0.39 is 11.3 Å². The molecular weight excluding hydrogens is 745 g/mol. The van der Waals surface area contributed by atoms with E-state index >= 15 is 0 Å². The summed E-state index contributed by atoms with van der Waals surface area (Å²) in [4.78, 5) is 45.7. The number of rotatable bonds is 16. The van der Waals surface area contributed by atoms with Crippen molar-refractivity contribution in [3.63, 3.8) is 0 Å². The van der Waals surface area contributed by atoms with E-state index in [1.807, 2.05) is 30.3 Å². The summed E-state index contributed by atoms with van der Waals surface area (Å²) in [5.74, 6) is 0.490. The normalized spacial score (nSPS) is 16.1. The molecule has 6 aromatic rings. The molecule has 0 amide bonds. The summed E-state index contributed by atoms with van der Waals surface area (Å²) in [6.07, 6.45) is 4.65. The van der Waals surface area contributed by atoms with Gasteiger partial charge in [0.25, 0.3) is 5.71 Å². The highest BCUT2D eigenvalue weighted by Gasteiger charge is 2.21. The number of para-hydroxylation sites is 2. The smallest absolute Gasteiger partial charge is 0.416 e. The number of benzene rings is 3. The summed E-state index contributed by atoms with van der Waals surface area (Å²) < 4.78 is 12.6. The van der Waals surface area contributed by atoms with E-state index in [0.717, 1.165) is 121 Å². The lowest BCUT2D eigenvalue weighted by Crippen LogP contribution is -2.44. The Kier molecular flexibility index (Phi) is 13.3. The zero-order chi connectivity index (χ0) is 40.6. The molecule has 14 heteroatoms. The van der Waals surface area contributed by atoms with Gasteiger partial charge in [-0.25, -0.2) is 24.1 Å². The molecule has 14 nitrogen and oxygen atoms in total. The van der Waals surface area contributed by atoms with Crippen molar-refractivity contribution in [2.45, 2.75) is 38.8 Å². The summed E-state index contributed by atoms with van der Waals surface area (Å²) in [7, 11) is 4.39. The molecule has 8 rings (SSSR count). The Morgan fingerprint density at radius 3 is 1.75 bits per heavy atom. The minimum absolute atomic E-state index is 0.0625. The predicted molar refractivity (Wildman–Crippen MR) is 232 cm³/mol. The zero-order valence-corrected chi connectivity index (χ0v) is 34.4. The maximum absolute atomic E-state index is 12.9. The van der Waals surface area contributed by atoms with E-state index in [2.05, 4.69) is 73.7 Å². The van der Waals surface area contributed by atoms with Crippen LogP contribution in [0, 0.1) is 0 Å². The minimum atomic E-state index is -1.17. The van der Waals surface area contributed by atoms with Crippen LogP contribution in [0.25, 0.3) is 50.5 Å². The molecule has 59 heavy (non-hydrogen) atoms. The average Bonchev–Trinajstić information content (AvgIpc) is 3.64. The highest BCUT2D eigenvalue weighted by molar-refractivity contribution is 6.01. The van der Waals surface area contributed by atoms with Crippen LogP contribution >= 0.6 is 0 Å². The van der Waals surface area contributed by atoms with Gasteiger partial charge in [0, 0.05) is 76.6 Å². The molecule has 0 aliphatic carbocycles. The molecule has 3 aromatic heterocycles. The van der Waals surface area contributed by atoms with Crippen molar-refractivity contribution in [2.24, 2.45) is 0 Å². The van der Waals surface area contributed by atoms with Crippen molar-refractivity contribution in [3.05, 3.63) is 105 Å². The maximum Gasteiger partial charge on any atom is 0.424 e. The fourth-order valence-corrected chi connectivity index (χ4v) is 7.89. The Balaban J connectivity index is 1.01. The number of hydrogen-bond acceptors (Lipinski definition) is 13. The topological polar surface area (TPSA) is 141 Å². The van der Waals surface area contributed by atoms with Gasteiger partial charge in [-0.15, -0.1) is 5.10 Å². The quantitative estimate of drug-likeness (QED) is 0.105. The van der Waals surface area contributed by atoms with Crippen LogP contribution in [-0.4, -0.2) is 132 Å². The second-order valence-electron chi connectivity index (χ2n) is 16.0. The fourth-order valence-electron chi connectivity index (χ4n) is 7.89. The van der Waals surface area contributed by atoms with Gasteiger partial charge in [-0.05, 0) is 89.2 Å². The average molecular weight is 801 g/mol. The van der Waals surface area contributed by atoms with Crippen molar-refractivity contribution in [1.29, 1.82) is 0 Å². The third-order valence-electron chi connectivity index (χ3n) is 11.6. The molecule has 2 fully saturated rings. The second-order valence-corrected chi connectivity index (χ2v) is 16.0. The van der Waals surface area contributed by atoms with Gasteiger partial charge in [0.05, 0.1) is 5.69 Å². The van der Waals surface area contributed by atoms with E-state index in [9.17, 15) is 9.59 Å². The van der Waals surface area contributed by atoms with E-state index in [4.69, 9.17) is 18.8 Å². The third kappa shape index (κ3) is 10.2. The summed E-state index contributed by atoms with van der Waals surface area (Å²) in [6, 6.07) is 23.4. The molecule has 2 saturated heterocycles. The largest absolute Gasteiger partial charge is 0.424 e. The molecule has 310 valence electrons. The molecule has 2 aliphatic rings. The van der Waals surface area contributed by atoms with Crippen molar-refractivity contribution in [2.75, 3.05) is 92.6 Å². The predicted octanol–water partition coefficient (Wildman–Crippen LogP) is 4.47. The number of unbranched alkanes of at least 4 members (excludes halogenated alkanes) is 2. The van der Waals surface area contributed by atoms with Crippen LogP contribution in [0.15, 0.2) is 91.2 Å². The lowest BCUT2D eigenvalue weighted by Gasteiger charge is -2.32. The maximum atomic E-state index is 12.9. The van der Waals surface area contributed by atoms with E-state index in [0.29, 0.717) is 28.1 Å². The first-order valence-corrected chi connectivity index (χ1v) is 21.1. The number of likely N-dealkylation sites (N-methyl/N-ethyl adjacent to an activating group) is 2. The Labute approximate surface area is 344 Å². The van der Waals surface area contributed by atoms with Gasteiger partial charge >= 0.3 is 11.3 Å². The highest BCUT2D eigenvalue weighted by atomic mass is 16.4. The Morgan fingerprint density at radius 2 is 1.15 bits per heavy atom. The molecular formula is C45H56N10O4. The highest BCUT2D eigenvalue weighted by Crippen LogP contribution is 2.32. The molecule has 2 N–H and O–H groups in total. The Hall–Kier alpha value is -5.09. The van der Waals surface area contributed by atoms with Gasteiger partial charge in [-0.2, -0.15) is 0 Å². The lowest BCUT2D eigenvalue weighted by molar-refractivity contribution is 0.152. The van der Waals surface area contributed by atoms with Gasteiger partial charge in [0.2, 0.25) is 0 Å². The van der Waals surface area contributed by atoms with Crippen LogP contribution in [0.2, 0.25) is 0 Å².